The third kappa shape index (κ3) is 49.3. The Kier molecular flexibility index (Phi) is 51.6. The summed E-state index contributed by atoms with van der Waals surface area (Å²) in [4.78, 5) is 24.4. The predicted octanol–water partition coefficient (Wildman–Crippen LogP) is 17.0. The van der Waals surface area contributed by atoms with Gasteiger partial charge in [0.15, 0.2) is 0 Å². The highest BCUT2D eigenvalue weighted by molar-refractivity contribution is 5.76. The monoisotopic (exact) mass is 898 g/mol. The second-order valence-corrected chi connectivity index (χ2v) is 18.9. The van der Waals surface area contributed by atoms with E-state index in [1.54, 1.807) is 6.08 Å². The minimum absolute atomic E-state index is 0.00243. The minimum Gasteiger partial charge on any atom is -0.466 e. The normalized spacial score (nSPS) is 13.0. The summed E-state index contributed by atoms with van der Waals surface area (Å²) in [6, 6.07) is -0.631. The number of allylic oxidation sites excluding steroid dienone is 7. The molecule has 64 heavy (non-hydrogen) atoms. The number of hydrogen-bond acceptors (Lipinski definition) is 5. The Morgan fingerprint density at radius 3 is 1.23 bits per heavy atom. The fourth-order valence-corrected chi connectivity index (χ4v) is 8.25. The van der Waals surface area contributed by atoms with Crippen molar-refractivity contribution in [2.75, 3.05) is 13.2 Å². The van der Waals surface area contributed by atoms with E-state index in [-0.39, 0.29) is 18.5 Å². The van der Waals surface area contributed by atoms with E-state index in [0.717, 1.165) is 51.4 Å². The molecule has 0 aliphatic carbocycles. The fourth-order valence-electron chi connectivity index (χ4n) is 8.25. The lowest BCUT2D eigenvalue weighted by Crippen LogP contribution is -2.45. The summed E-state index contributed by atoms with van der Waals surface area (Å²) in [5, 5.41) is 22.9. The van der Waals surface area contributed by atoms with Crippen LogP contribution in [0.5, 0.6) is 0 Å². The van der Waals surface area contributed by atoms with Gasteiger partial charge in [0.25, 0.3) is 0 Å². The number of nitrogens with one attached hydrogen (secondary N) is 1. The highest BCUT2D eigenvalue weighted by Crippen LogP contribution is 2.15. The molecule has 0 rings (SSSR count). The quantitative estimate of drug-likeness (QED) is 0.0321. The van der Waals surface area contributed by atoms with Crippen molar-refractivity contribution >= 4 is 11.9 Å². The van der Waals surface area contributed by atoms with Crippen LogP contribution in [0.4, 0.5) is 0 Å². The Balaban J connectivity index is 3.45. The van der Waals surface area contributed by atoms with Crippen LogP contribution < -0.4 is 5.32 Å². The van der Waals surface area contributed by atoms with E-state index in [2.05, 4.69) is 55.6 Å². The van der Waals surface area contributed by atoms with Crippen LogP contribution in [-0.4, -0.2) is 47.4 Å². The highest BCUT2D eigenvalue weighted by Gasteiger charge is 2.18. The topological polar surface area (TPSA) is 95.9 Å². The number of unbranched alkanes of at least 4 members (excludes halogenated alkanes) is 34. The molecule has 1 amide bonds. The molecule has 0 aromatic rings. The average molecular weight is 898 g/mol. The van der Waals surface area contributed by atoms with Crippen LogP contribution in [-0.2, 0) is 14.3 Å². The van der Waals surface area contributed by atoms with Gasteiger partial charge < -0.3 is 20.3 Å². The molecule has 6 nitrogen and oxygen atoms in total. The first kappa shape index (κ1) is 61.8. The number of amides is 1. The van der Waals surface area contributed by atoms with Gasteiger partial charge in [0.1, 0.15) is 0 Å². The van der Waals surface area contributed by atoms with Gasteiger partial charge in [0, 0.05) is 12.8 Å². The number of aliphatic hydroxyl groups is 2. The molecule has 0 aromatic carbocycles. The molecule has 0 saturated carbocycles. The van der Waals surface area contributed by atoms with Gasteiger partial charge in [-0.1, -0.05) is 229 Å². The maximum atomic E-state index is 12.4. The molecule has 3 N–H and O–H groups in total. The summed E-state index contributed by atoms with van der Waals surface area (Å²) in [5.41, 5.74) is 0. The van der Waals surface area contributed by atoms with Gasteiger partial charge in [-0.05, 0) is 89.9 Å². The molecule has 2 unspecified atom stereocenters. The van der Waals surface area contributed by atoms with Gasteiger partial charge in [-0.15, -0.1) is 0 Å². The van der Waals surface area contributed by atoms with E-state index in [1.807, 2.05) is 6.08 Å². The summed E-state index contributed by atoms with van der Waals surface area (Å²) in [6.45, 7) is 4.84. The van der Waals surface area contributed by atoms with Crippen molar-refractivity contribution in [3.8, 4) is 0 Å². The van der Waals surface area contributed by atoms with Crippen LogP contribution in [0.25, 0.3) is 0 Å². The summed E-state index contributed by atoms with van der Waals surface area (Å²) in [6.07, 6.45) is 67.1. The Morgan fingerprint density at radius 2 is 0.781 bits per heavy atom. The first-order valence-corrected chi connectivity index (χ1v) is 27.9. The van der Waals surface area contributed by atoms with Gasteiger partial charge in [-0.25, -0.2) is 0 Å². The molecule has 0 heterocycles. The van der Waals surface area contributed by atoms with Crippen molar-refractivity contribution in [3.05, 3.63) is 48.6 Å². The second-order valence-electron chi connectivity index (χ2n) is 18.9. The number of ether oxygens (including phenoxy) is 1. The number of esters is 1. The molecule has 0 spiro atoms. The molecule has 6 heteroatoms. The number of aliphatic hydroxyl groups excluding tert-OH is 2. The molecule has 0 aromatic heterocycles. The first-order chi connectivity index (χ1) is 31.5. The number of carbonyl (C=O) groups excluding carboxylic acids is 2. The number of carbonyl (C=O) groups is 2. The zero-order chi connectivity index (χ0) is 46.5. The lowest BCUT2D eigenvalue weighted by Gasteiger charge is -2.20. The standard InChI is InChI=1S/C58H107NO5/c1-3-5-7-9-11-13-15-32-36-40-44-48-52-58(63)64-53-49-45-41-37-33-30-28-26-24-22-20-18-16-17-19-21-23-25-27-29-31-35-39-43-47-51-57(62)59-55(54-60)56(61)50-46-42-38-34-14-12-10-8-6-4-2/h11,13,17-20,46,50,55-56,60-61H,3-10,12,14-16,21-45,47-49,51-54H2,1-2H3,(H,59,62)/b13-11-,19-17-,20-18-,50-46+. The van der Waals surface area contributed by atoms with Crippen molar-refractivity contribution in [2.45, 2.75) is 296 Å². The van der Waals surface area contributed by atoms with Crippen LogP contribution >= 0.6 is 0 Å². The van der Waals surface area contributed by atoms with Crippen molar-refractivity contribution in [1.29, 1.82) is 0 Å². The second kappa shape index (κ2) is 53.4. The fraction of sp³-hybridized carbons (Fsp3) is 0.828. The number of rotatable bonds is 51. The van der Waals surface area contributed by atoms with E-state index in [9.17, 15) is 19.8 Å². The van der Waals surface area contributed by atoms with Crippen LogP contribution in [0, 0.1) is 0 Å². The van der Waals surface area contributed by atoms with Crippen LogP contribution in [0.3, 0.4) is 0 Å². The molecule has 0 aliphatic rings. The Hall–Kier alpha value is -2.18. The first-order valence-electron chi connectivity index (χ1n) is 27.9. The lowest BCUT2D eigenvalue weighted by molar-refractivity contribution is -0.143. The molecular weight excluding hydrogens is 791 g/mol. The zero-order valence-corrected chi connectivity index (χ0v) is 42.5. The molecule has 0 bridgehead atoms. The Labute approximate surface area is 397 Å². The summed E-state index contributed by atoms with van der Waals surface area (Å²) >= 11 is 0. The minimum atomic E-state index is -0.847. The van der Waals surface area contributed by atoms with Crippen LogP contribution in [0.2, 0.25) is 0 Å². The molecule has 0 radical (unpaired) electrons. The van der Waals surface area contributed by atoms with Crippen molar-refractivity contribution in [3.63, 3.8) is 0 Å². The molecular formula is C58H107NO5. The van der Waals surface area contributed by atoms with Crippen molar-refractivity contribution in [1.82, 2.24) is 5.32 Å². The summed E-state index contributed by atoms with van der Waals surface area (Å²) in [7, 11) is 0. The molecule has 374 valence electrons. The van der Waals surface area contributed by atoms with E-state index >= 15 is 0 Å². The average Bonchev–Trinajstić information content (AvgIpc) is 3.29. The third-order valence-electron chi connectivity index (χ3n) is 12.6. The molecule has 0 aliphatic heterocycles. The third-order valence-corrected chi connectivity index (χ3v) is 12.6. The van der Waals surface area contributed by atoms with Gasteiger partial charge in [0.2, 0.25) is 5.91 Å². The summed E-state index contributed by atoms with van der Waals surface area (Å²) < 4.78 is 5.45. The van der Waals surface area contributed by atoms with E-state index in [4.69, 9.17) is 4.74 Å². The van der Waals surface area contributed by atoms with Gasteiger partial charge >= 0.3 is 5.97 Å². The van der Waals surface area contributed by atoms with Gasteiger partial charge in [-0.2, -0.15) is 0 Å². The highest BCUT2D eigenvalue weighted by atomic mass is 16.5. The lowest BCUT2D eigenvalue weighted by atomic mass is 10.0. The van der Waals surface area contributed by atoms with Crippen LogP contribution in [0.15, 0.2) is 48.6 Å². The maximum absolute atomic E-state index is 12.4. The summed E-state index contributed by atoms with van der Waals surface area (Å²) in [5.74, 6) is -0.0794. The van der Waals surface area contributed by atoms with Gasteiger partial charge in [0.05, 0.1) is 25.4 Å². The molecule has 2 atom stereocenters. The number of hydrogen-bond donors (Lipinski definition) is 3. The van der Waals surface area contributed by atoms with E-state index < -0.39 is 12.1 Å². The van der Waals surface area contributed by atoms with Crippen molar-refractivity contribution < 1.29 is 24.5 Å². The Morgan fingerprint density at radius 1 is 0.438 bits per heavy atom. The van der Waals surface area contributed by atoms with Crippen LogP contribution in [0.1, 0.15) is 284 Å². The zero-order valence-electron chi connectivity index (χ0n) is 42.5. The molecule has 0 saturated heterocycles. The van der Waals surface area contributed by atoms with Crippen molar-refractivity contribution in [2.24, 2.45) is 0 Å². The SMILES string of the molecule is CCCCC/C=C\CCCCCCCC(=O)OCCCCCCCCCCC/C=C\C/C=C\CCCCCCCCCCCC(=O)NC(CO)C(O)/C=C/CCCCCCCCCC. The van der Waals surface area contributed by atoms with E-state index in [1.165, 1.54) is 205 Å². The molecule has 0 fully saturated rings. The Bertz CT molecular complexity index is 1080. The predicted molar refractivity (Wildman–Crippen MR) is 278 cm³/mol. The van der Waals surface area contributed by atoms with E-state index in [0.29, 0.717) is 19.4 Å². The largest absolute Gasteiger partial charge is 0.466 e. The van der Waals surface area contributed by atoms with Gasteiger partial charge in [-0.3, -0.25) is 9.59 Å². The smallest absolute Gasteiger partial charge is 0.305 e. The maximum Gasteiger partial charge on any atom is 0.305 e.